The Bertz CT molecular complexity index is 125. The fourth-order valence-corrected chi connectivity index (χ4v) is 0.844. The molecule has 0 aromatic carbocycles. The van der Waals surface area contributed by atoms with Crippen molar-refractivity contribution >= 4 is 6.29 Å². The molecule has 0 saturated heterocycles. The van der Waals surface area contributed by atoms with Gasteiger partial charge in [0, 0.05) is 6.42 Å². The Morgan fingerprint density at radius 2 is 1.82 bits per heavy atom. The first kappa shape index (κ1) is 10.4. The van der Waals surface area contributed by atoms with Crippen LogP contribution >= 0.6 is 0 Å². The third kappa shape index (κ3) is 7.31. The predicted molar refractivity (Wildman–Crippen MR) is 48.4 cm³/mol. The monoisotopic (exact) mass is 154 g/mol. The molecule has 0 rings (SSSR count). The first-order valence-electron chi connectivity index (χ1n) is 4.27. The minimum absolute atomic E-state index is 0.502. The largest absolute Gasteiger partial charge is 0.303 e. The second-order valence-electron chi connectivity index (χ2n) is 3.42. The first-order chi connectivity index (χ1) is 5.16. The zero-order valence-corrected chi connectivity index (χ0v) is 7.71. The van der Waals surface area contributed by atoms with Gasteiger partial charge in [-0.3, -0.25) is 0 Å². The molecule has 0 radical (unpaired) electrons. The summed E-state index contributed by atoms with van der Waals surface area (Å²) in [6.45, 7) is 6.40. The number of hydrogen-bond acceptors (Lipinski definition) is 1. The smallest absolute Gasteiger partial charge is 0.120 e. The summed E-state index contributed by atoms with van der Waals surface area (Å²) in [5.74, 6) is 1.13. The molecule has 0 aliphatic carbocycles. The Labute approximate surface area is 69.5 Å². The zero-order valence-electron chi connectivity index (χ0n) is 7.71. The lowest BCUT2D eigenvalue weighted by Gasteiger charge is -2.02. The number of carbonyl (C=O) groups is 1. The van der Waals surface area contributed by atoms with E-state index in [-0.39, 0.29) is 0 Å². The molecule has 1 unspecified atom stereocenters. The Morgan fingerprint density at radius 1 is 1.18 bits per heavy atom. The normalized spacial score (nSPS) is 14.2. The van der Waals surface area contributed by atoms with Gasteiger partial charge >= 0.3 is 0 Å². The fraction of sp³-hybridized carbons (Fsp3) is 0.700. The van der Waals surface area contributed by atoms with Crippen molar-refractivity contribution in [1.29, 1.82) is 0 Å². The van der Waals surface area contributed by atoms with Crippen LogP contribution < -0.4 is 0 Å². The van der Waals surface area contributed by atoms with Crippen molar-refractivity contribution in [2.75, 3.05) is 0 Å². The molecule has 64 valence electrons. The maximum atomic E-state index is 10.1. The van der Waals surface area contributed by atoms with Crippen molar-refractivity contribution < 1.29 is 4.79 Å². The van der Waals surface area contributed by atoms with Gasteiger partial charge in [-0.1, -0.05) is 32.9 Å². The minimum atomic E-state index is 0.502. The molecule has 0 N–H and O–H groups in total. The van der Waals surface area contributed by atoms with E-state index >= 15 is 0 Å². The number of rotatable bonds is 5. The van der Waals surface area contributed by atoms with Gasteiger partial charge in [-0.15, -0.1) is 0 Å². The van der Waals surface area contributed by atoms with Crippen LogP contribution in [-0.2, 0) is 4.79 Å². The lowest BCUT2D eigenvalue weighted by Crippen LogP contribution is -1.92. The van der Waals surface area contributed by atoms with Gasteiger partial charge in [0.2, 0.25) is 0 Å². The van der Waals surface area contributed by atoms with Crippen molar-refractivity contribution in [2.24, 2.45) is 11.8 Å². The molecule has 0 amide bonds. The van der Waals surface area contributed by atoms with E-state index in [1.54, 1.807) is 0 Å². The number of aldehydes is 1. The van der Waals surface area contributed by atoms with E-state index < -0.39 is 0 Å². The van der Waals surface area contributed by atoms with E-state index in [9.17, 15) is 4.79 Å². The van der Waals surface area contributed by atoms with Gasteiger partial charge < -0.3 is 4.79 Å². The molecule has 0 aliphatic heterocycles. The number of allylic oxidation sites excluding steroid dienone is 2. The lowest BCUT2D eigenvalue weighted by molar-refractivity contribution is -0.108. The van der Waals surface area contributed by atoms with Crippen LogP contribution in [0, 0.1) is 11.8 Å². The van der Waals surface area contributed by atoms with Gasteiger partial charge in [0.25, 0.3) is 0 Å². The van der Waals surface area contributed by atoms with Crippen LogP contribution in [0.3, 0.4) is 0 Å². The Morgan fingerprint density at radius 3 is 2.27 bits per heavy atom. The van der Waals surface area contributed by atoms with Crippen molar-refractivity contribution in [3.8, 4) is 0 Å². The maximum Gasteiger partial charge on any atom is 0.120 e. The summed E-state index contributed by atoms with van der Waals surface area (Å²) in [5, 5.41) is 0. The van der Waals surface area contributed by atoms with E-state index in [1.165, 1.54) is 0 Å². The summed E-state index contributed by atoms with van der Waals surface area (Å²) in [5.41, 5.74) is 0. The average molecular weight is 154 g/mol. The highest BCUT2D eigenvalue weighted by molar-refractivity contribution is 5.49. The third-order valence-electron chi connectivity index (χ3n) is 1.56. The summed E-state index contributed by atoms with van der Waals surface area (Å²) >= 11 is 0. The van der Waals surface area contributed by atoms with E-state index in [0.717, 1.165) is 12.7 Å². The van der Waals surface area contributed by atoms with Crippen molar-refractivity contribution in [3.05, 3.63) is 12.2 Å². The van der Waals surface area contributed by atoms with Crippen LogP contribution in [0.4, 0.5) is 0 Å². The van der Waals surface area contributed by atoms with Gasteiger partial charge in [-0.2, -0.15) is 0 Å². The minimum Gasteiger partial charge on any atom is -0.303 e. The second kappa shape index (κ2) is 6.14. The lowest BCUT2D eigenvalue weighted by atomic mass is 10.0. The molecule has 1 atom stereocenters. The molecule has 0 fully saturated rings. The molecule has 0 aliphatic rings. The maximum absolute atomic E-state index is 10.1. The van der Waals surface area contributed by atoms with E-state index in [4.69, 9.17) is 0 Å². The Kier molecular flexibility index (Phi) is 5.81. The molecular weight excluding hydrogens is 136 g/mol. The van der Waals surface area contributed by atoms with Gasteiger partial charge in [0.05, 0.1) is 0 Å². The summed E-state index contributed by atoms with van der Waals surface area (Å²) in [6.07, 6.45) is 7.05. The Balaban J connectivity index is 3.43. The van der Waals surface area contributed by atoms with Crippen LogP contribution in [0.25, 0.3) is 0 Å². The van der Waals surface area contributed by atoms with Gasteiger partial charge in [-0.05, 0) is 18.3 Å². The molecule has 0 saturated carbocycles. The van der Waals surface area contributed by atoms with Crippen LogP contribution in [0.1, 0.15) is 33.6 Å². The van der Waals surface area contributed by atoms with Crippen molar-refractivity contribution in [3.63, 3.8) is 0 Å². The Hall–Kier alpha value is -0.590. The van der Waals surface area contributed by atoms with Crippen molar-refractivity contribution in [1.82, 2.24) is 0 Å². The molecule has 0 heterocycles. The average Bonchev–Trinajstić information content (AvgIpc) is 1.87. The first-order valence-corrected chi connectivity index (χ1v) is 4.27. The van der Waals surface area contributed by atoms with E-state index in [2.05, 4.69) is 32.9 Å². The molecule has 0 spiro atoms. The van der Waals surface area contributed by atoms with Gasteiger partial charge in [-0.25, -0.2) is 0 Å². The van der Waals surface area contributed by atoms with Gasteiger partial charge in [0.15, 0.2) is 0 Å². The fourth-order valence-electron chi connectivity index (χ4n) is 0.844. The van der Waals surface area contributed by atoms with Crippen LogP contribution in [0.5, 0.6) is 0 Å². The molecule has 0 aromatic heterocycles. The molecule has 0 bridgehead atoms. The van der Waals surface area contributed by atoms with E-state index in [0.29, 0.717) is 18.3 Å². The third-order valence-corrected chi connectivity index (χ3v) is 1.56. The number of carbonyl (C=O) groups excluding carboxylic acids is 1. The quantitative estimate of drug-likeness (QED) is 0.439. The number of hydrogen-bond donors (Lipinski definition) is 0. The second-order valence-corrected chi connectivity index (χ2v) is 3.42. The van der Waals surface area contributed by atoms with Crippen molar-refractivity contribution in [2.45, 2.75) is 33.6 Å². The highest BCUT2D eigenvalue weighted by atomic mass is 16.1. The SMILES string of the molecule is CC(C)/C=C/CC(C)CC=O. The highest BCUT2D eigenvalue weighted by Gasteiger charge is 1.96. The molecular formula is C10H18O. The summed E-state index contributed by atoms with van der Waals surface area (Å²) in [6, 6.07) is 0. The molecule has 1 nitrogen and oxygen atoms in total. The summed E-state index contributed by atoms with van der Waals surface area (Å²) < 4.78 is 0. The topological polar surface area (TPSA) is 17.1 Å². The molecule has 11 heavy (non-hydrogen) atoms. The van der Waals surface area contributed by atoms with Crippen LogP contribution in [-0.4, -0.2) is 6.29 Å². The molecule has 1 heteroatoms. The van der Waals surface area contributed by atoms with Gasteiger partial charge in [0.1, 0.15) is 6.29 Å². The zero-order chi connectivity index (χ0) is 8.69. The standard InChI is InChI=1S/C10H18O/c1-9(2)5-4-6-10(3)7-8-11/h4-5,8-10H,6-7H2,1-3H3/b5-4+. The molecule has 0 aromatic rings. The highest BCUT2D eigenvalue weighted by Crippen LogP contribution is 2.07. The summed E-state index contributed by atoms with van der Waals surface area (Å²) in [7, 11) is 0. The van der Waals surface area contributed by atoms with Crippen LogP contribution in [0.2, 0.25) is 0 Å². The summed E-state index contributed by atoms with van der Waals surface area (Å²) in [4.78, 5) is 10.1. The predicted octanol–water partition coefficient (Wildman–Crippen LogP) is 2.81. The van der Waals surface area contributed by atoms with Crippen LogP contribution in [0.15, 0.2) is 12.2 Å². The van der Waals surface area contributed by atoms with E-state index in [1.807, 2.05) is 0 Å².